The average Bonchev–Trinajstić information content (AvgIpc) is 3.54. The molecule has 0 atom stereocenters. The molecule has 6 aromatic carbocycles. The summed E-state index contributed by atoms with van der Waals surface area (Å²) in [5.41, 5.74) is 15.3. The van der Waals surface area contributed by atoms with Gasteiger partial charge in [0.1, 0.15) is 11.5 Å². The summed E-state index contributed by atoms with van der Waals surface area (Å²) in [6, 6.07) is 48.8. The van der Waals surface area contributed by atoms with Crippen molar-refractivity contribution in [2.45, 2.75) is 31.6 Å². The van der Waals surface area contributed by atoms with Crippen LogP contribution in [0.15, 0.2) is 170 Å². The Morgan fingerprint density at radius 2 is 1.06 bits per heavy atom. The Kier molecular flexibility index (Phi) is 6.48. The van der Waals surface area contributed by atoms with Crippen LogP contribution in [0.4, 0.5) is 11.4 Å². The maximum absolute atomic E-state index is 6.59. The third-order valence-corrected chi connectivity index (χ3v) is 10.8. The molecule has 0 amide bonds. The number of ether oxygens (including phenoxy) is 1. The second kappa shape index (κ2) is 10.8. The molecule has 0 saturated carbocycles. The lowest BCUT2D eigenvalue weighted by atomic mass is 9.66. The number of allylic oxidation sites excluding steroid dienone is 4. The van der Waals surface area contributed by atoms with Gasteiger partial charge in [-0.25, -0.2) is 0 Å². The summed E-state index contributed by atoms with van der Waals surface area (Å²) < 4.78 is 6.59. The zero-order valence-corrected chi connectivity index (χ0v) is 28.1. The number of para-hydroxylation sites is 2. The topological polar surface area (TPSA) is 12.5 Å². The molecule has 1 spiro atoms. The smallest absolute Gasteiger partial charge is 0.132 e. The van der Waals surface area contributed by atoms with Gasteiger partial charge in [-0.05, 0) is 100.0 Å². The minimum absolute atomic E-state index is 0.115. The van der Waals surface area contributed by atoms with Gasteiger partial charge in [0, 0.05) is 33.6 Å². The highest BCUT2D eigenvalue weighted by Gasteiger charge is 2.51. The van der Waals surface area contributed by atoms with E-state index in [1.54, 1.807) is 0 Å². The number of fused-ring (bicyclic) bond motifs is 12. The summed E-state index contributed by atoms with van der Waals surface area (Å²) in [5.74, 6) is 1.79. The number of rotatable bonds is 5. The molecule has 2 heteroatoms. The summed E-state index contributed by atoms with van der Waals surface area (Å²) in [6.45, 7) is 10.9. The van der Waals surface area contributed by atoms with E-state index in [0.29, 0.717) is 0 Å². The van der Waals surface area contributed by atoms with E-state index in [2.05, 4.69) is 184 Å². The van der Waals surface area contributed by atoms with E-state index in [1.165, 1.54) is 44.5 Å². The van der Waals surface area contributed by atoms with Gasteiger partial charge < -0.3 is 9.64 Å². The molecular formula is C47H37NO. The van der Waals surface area contributed by atoms with Crippen LogP contribution in [0.1, 0.15) is 54.2 Å². The van der Waals surface area contributed by atoms with E-state index >= 15 is 0 Å². The first-order valence-corrected chi connectivity index (χ1v) is 17.1. The number of hydrogen-bond acceptors (Lipinski definition) is 2. The second-order valence-corrected chi connectivity index (χ2v) is 13.7. The molecule has 0 fully saturated rings. The van der Waals surface area contributed by atoms with Crippen molar-refractivity contribution in [3.05, 3.63) is 203 Å². The lowest BCUT2D eigenvalue weighted by Gasteiger charge is -2.39. The maximum atomic E-state index is 6.59. The minimum atomic E-state index is -0.538. The molecule has 9 rings (SSSR count). The van der Waals surface area contributed by atoms with Crippen LogP contribution in [0.3, 0.4) is 0 Å². The van der Waals surface area contributed by atoms with E-state index in [-0.39, 0.29) is 5.41 Å². The molecule has 2 nitrogen and oxygen atoms in total. The van der Waals surface area contributed by atoms with E-state index in [1.807, 2.05) is 6.08 Å². The Hall–Kier alpha value is -5.86. The zero-order chi connectivity index (χ0) is 33.3. The van der Waals surface area contributed by atoms with E-state index < -0.39 is 5.41 Å². The van der Waals surface area contributed by atoms with Gasteiger partial charge in [0.2, 0.25) is 0 Å². The van der Waals surface area contributed by atoms with Crippen molar-refractivity contribution in [3.63, 3.8) is 0 Å². The van der Waals surface area contributed by atoms with E-state index in [0.717, 1.165) is 39.7 Å². The van der Waals surface area contributed by atoms with E-state index in [9.17, 15) is 0 Å². The van der Waals surface area contributed by atoms with Gasteiger partial charge in [-0.1, -0.05) is 130 Å². The first-order valence-electron chi connectivity index (χ1n) is 17.1. The molecule has 6 aromatic rings. The molecule has 0 bridgehead atoms. The zero-order valence-electron chi connectivity index (χ0n) is 28.1. The highest BCUT2D eigenvalue weighted by molar-refractivity contribution is 5.91. The summed E-state index contributed by atoms with van der Waals surface area (Å²) in [4.78, 5) is 2.38. The Labute approximate surface area is 289 Å². The highest BCUT2D eigenvalue weighted by Crippen LogP contribution is 2.62. The van der Waals surface area contributed by atoms with Crippen LogP contribution in [-0.2, 0) is 10.8 Å². The van der Waals surface area contributed by atoms with Crippen LogP contribution < -0.4 is 9.64 Å². The SMILES string of the molecule is C=C/C=C(\C=C/C)N(c1ccc2c(c1)C(C)(C)c1ccccc1-2)c1ccc2c(c1)C1(c3ccccc3Oc3ccccc31)c1ccccc1-2. The Bertz CT molecular complexity index is 2340. The highest BCUT2D eigenvalue weighted by atomic mass is 16.5. The molecule has 49 heavy (non-hydrogen) atoms. The summed E-state index contributed by atoms with van der Waals surface area (Å²) >= 11 is 0. The molecule has 0 aromatic heterocycles. The third kappa shape index (κ3) is 4.01. The van der Waals surface area contributed by atoms with Crippen molar-refractivity contribution in [3.8, 4) is 33.8 Å². The van der Waals surface area contributed by atoms with Crippen molar-refractivity contribution >= 4 is 11.4 Å². The second-order valence-electron chi connectivity index (χ2n) is 13.7. The van der Waals surface area contributed by atoms with Crippen molar-refractivity contribution < 1.29 is 4.74 Å². The molecule has 236 valence electrons. The van der Waals surface area contributed by atoms with Gasteiger partial charge in [0.25, 0.3) is 0 Å². The standard InChI is InChI=1S/C47H37NO/c1-5-15-31(16-6-2)48(32-25-27-36-34-17-7-9-19-38(34)46(3,4)42(36)29-32)33-26-28-37-35-18-8-10-20-39(35)47(43(37)30-33)40-21-11-13-23-44(40)49-45-24-14-12-22-41(45)47/h5-30H,1H2,2-4H3/b16-6-,31-15+. The van der Waals surface area contributed by atoms with E-state index in [4.69, 9.17) is 4.74 Å². The molecule has 1 heterocycles. The summed E-state index contributed by atoms with van der Waals surface area (Å²) in [5, 5.41) is 0. The lowest BCUT2D eigenvalue weighted by Crippen LogP contribution is -2.32. The number of benzene rings is 6. The molecule has 0 unspecified atom stereocenters. The first-order chi connectivity index (χ1) is 24.0. The summed E-state index contributed by atoms with van der Waals surface area (Å²) in [6.07, 6.45) is 8.26. The van der Waals surface area contributed by atoms with Gasteiger partial charge in [-0.15, -0.1) is 0 Å². The fourth-order valence-corrected chi connectivity index (χ4v) is 8.76. The normalized spacial score (nSPS) is 15.4. The Balaban J connectivity index is 1.32. The Morgan fingerprint density at radius 3 is 1.67 bits per heavy atom. The minimum Gasteiger partial charge on any atom is -0.457 e. The van der Waals surface area contributed by atoms with Crippen LogP contribution in [0.25, 0.3) is 22.3 Å². The number of hydrogen-bond donors (Lipinski definition) is 0. The van der Waals surface area contributed by atoms with Crippen LogP contribution in [0.5, 0.6) is 11.5 Å². The van der Waals surface area contributed by atoms with Crippen molar-refractivity contribution in [1.29, 1.82) is 0 Å². The first kappa shape index (κ1) is 29.3. The summed E-state index contributed by atoms with van der Waals surface area (Å²) in [7, 11) is 0. The van der Waals surface area contributed by atoms with Crippen LogP contribution in [0.2, 0.25) is 0 Å². The fourth-order valence-electron chi connectivity index (χ4n) is 8.76. The van der Waals surface area contributed by atoms with Crippen molar-refractivity contribution in [2.75, 3.05) is 4.90 Å². The molecule has 0 saturated heterocycles. The lowest BCUT2D eigenvalue weighted by molar-refractivity contribution is 0.436. The van der Waals surface area contributed by atoms with Gasteiger partial charge in [0.15, 0.2) is 0 Å². The van der Waals surface area contributed by atoms with Gasteiger partial charge in [-0.3, -0.25) is 0 Å². The molecule has 1 aliphatic heterocycles. The molecular weight excluding hydrogens is 595 g/mol. The number of anilines is 2. The molecule has 0 N–H and O–H groups in total. The fraction of sp³-hybridized carbons (Fsp3) is 0.106. The average molecular weight is 632 g/mol. The predicted octanol–water partition coefficient (Wildman–Crippen LogP) is 12.2. The van der Waals surface area contributed by atoms with Gasteiger partial charge >= 0.3 is 0 Å². The quantitative estimate of drug-likeness (QED) is 0.175. The van der Waals surface area contributed by atoms with Crippen molar-refractivity contribution in [1.82, 2.24) is 0 Å². The third-order valence-electron chi connectivity index (χ3n) is 10.8. The number of nitrogens with zero attached hydrogens (tertiary/aromatic N) is 1. The Morgan fingerprint density at radius 1 is 0.571 bits per heavy atom. The van der Waals surface area contributed by atoms with Crippen LogP contribution in [0, 0.1) is 0 Å². The van der Waals surface area contributed by atoms with Crippen LogP contribution in [-0.4, -0.2) is 0 Å². The molecule has 3 aliphatic rings. The monoisotopic (exact) mass is 631 g/mol. The molecule has 2 aliphatic carbocycles. The van der Waals surface area contributed by atoms with Crippen LogP contribution >= 0.6 is 0 Å². The van der Waals surface area contributed by atoms with Gasteiger partial charge in [0.05, 0.1) is 5.41 Å². The van der Waals surface area contributed by atoms with Gasteiger partial charge in [-0.2, -0.15) is 0 Å². The molecule has 0 radical (unpaired) electrons. The largest absolute Gasteiger partial charge is 0.457 e. The van der Waals surface area contributed by atoms with Crippen molar-refractivity contribution in [2.24, 2.45) is 0 Å². The maximum Gasteiger partial charge on any atom is 0.132 e. The predicted molar refractivity (Wildman–Crippen MR) is 203 cm³/mol.